The maximum Gasteiger partial charge on any atom is 0.343 e. The van der Waals surface area contributed by atoms with Gasteiger partial charge in [-0.15, -0.1) is 0 Å². The predicted octanol–water partition coefficient (Wildman–Crippen LogP) is 6.36. The monoisotopic (exact) mass is 538 g/mol. The Bertz CT molecular complexity index is 1590. The summed E-state index contributed by atoms with van der Waals surface area (Å²) in [5, 5.41) is 10.5. The van der Waals surface area contributed by atoms with Gasteiger partial charge in [0.25, 0.3) is 0 Å². The van der Waals surface area contributed by atoms with E-state index in [9.17, 15) is 10.1 Å². The number of nitriles is 1. The minimum Gasteiger partial charge on any atom is -0.497 e. The second-order valence-corrected chi connectivity index (χ2v) is 9.17. The molecule has 1 aliphatic rings. The molecular formula is C31H23ClN2O5. The van der Waals surface area contributed by atoms with Gasteiger partial charge in [0.05, 0.1) is 18.6 Å². The van der Waals surface area contributed by atoms with E-state index < -0.39 is 11.9 Å². The lowest BCUT2D eigenvalue weighted by Crippen LogP contribution is -2.21. The van der Waals surface area contributed by atoms with Crippen LogP contribution >= 0.6 is 11.6 Å². The van der Waals surface area contributed by atoms with Crippen LogP contribution in [0.3, 0.4) is 0 Å². The number of benzene rings is 4. The maximum atomic E-state index is 12.7. The first-order valence-corrected chi connectivity index (χ1v) is 12.4. The van der Waals surface area contributed by atoms with Crippen LogP contribution in [0, 0.1) is 11.3 Å². The Kier molecular flexibility index (Phi) is 7.39. The number of carbonyl (C=O) groups excluding carboxylic acids is 1. The molecule has 4 aromatic rings. The highest BCUT2D eigenvalue weighted by molar-refractivity contribution is 6.30. The normalized spacial score (nSPS) is 14.0. The number of nitrogens with two attached hydrogens (primary N) is 1. The molecule has 2 N–H and O–H groups in total. The van der Waals surface area contributed by atoms with Crippen LogP contribution in [0.1, 0.15) is 33.0 Å². The number of fused-ring (bicyclic) bond motifs is 1. The summed E-state index contributed by atoms with van der Waals surface area (Å²) in [6, 6.07) is 28.8. The van der Waals surface area contributed by atoms with Gasteiger partial charge in [0.15, 0.2) is 0 Å². The highest BCUT2D eigenvalue weighted by Gasteiger charge is 2.31. The van der Waals surface area contributed by atoms with Gasteiger partial charge >= 0.3 is 5.97 Å². The number of rotatable bonds is 7. The number of methoxy groups -OCH3 is 1. The SMILES string of the molecule is COc1cccc(C(=O)Oc2ccc3c(c2)OC(N)=C(C#N)C3c2ccc(OCc3ccc(Cl)cc3)cc2)c1. The van der Waals surface area contributed by atoms with E-state index in [-0.39, 0.29) is 11.6 Å². The summed E-state index contributed by atoms with van der Waals surface area (Å²) in [6.45, 7) is 0.393. The van der Waals surface area contributed by atoms with E-state index in [0.717, 1.165) is 16.7 Å². The van der Waals surface area contributed by atoms with Crippen molar-refractivity contribution in [2.24, 2.45) is 5.73 Å². The number of ether oxygens (including phenoxy) is 4. The first kappa shape index (κ1) is 25.7. The van der Waals surface area contributed by atoms with Crippen molar-refractivity contribution in [3.63, 3.8) is 0 Å². The first-order chi connectivity index (χ1) is 18.9. The third-order valence-corrected chi connectivity index (χ3v) is 6.49. The number of hydrogen-bond donors (Lipinski definition) is 1. The van der Waals surface area contributed by atoms with E-state index in [2.05, 4.69) is 6.07 Å². The van der Waals surface area contributed by atoms with Crippen LogP contribution in [-0.2, 0) is 6.61 Å². The molecule has 0 aliphatic carbocycles. The van der Waals surface area contributed by atoms with Crippen molar-refractivity contribution in [1.82, 2.24) is 0 Å². The zero-order chi connectivity index (χ0) is 27.4. The fourth-order valence-corrected chi connectivity index (χ4v) is 4.39. The molecule has 39 heavy (non-hydrogen) atoms. The minimum absolute atomic E-state index is 0.00524. The molecule has 0 bridgehead atoms. The summed E-state index contributed by atoms with van der Waals surface area (Å²) >= 11 is 5.94. The molecule has 0 radical (unpaired) electrons. The van der Waals surface area contributed by atoms with Gasteiger partial charge in [0, 0.05) is 16.7 Å². The lowest BCUT2D eigenvalue weighted by molar-refractivity contribution is 0.0734. The average Bonchev–Trinajstić information content (AvgIpc) is 2.96. The summed E-state index contributed by atoms with van der Waals surface area (Å²) < 4.78 is 22.4. The molecule has 4 aromatic carbocycles. The van der Waals surface area contributed by atoms with Crippen LogP contribution in [0.2, 0.25) is 5.02 Å². The van der Waals surface area contributed by atoms with Crippen LogP contribution in [-0.4, -0.2) is 13.1 Å². The lowest BCUT2D eigenvalue weighted by Gasteiger charge is -2.26. The molecule has 0 aromatic heterocycles. The van der Waals surface area contributed by atoms with E-state index in [1.54, 1.807) is 42.5 Å². The molecule has 0 fully saturated rings. The third-order valence-electron chi connectivity index (χ3n) is 6.24. The van der Waals surface area contributed by atoms with Gasteiger partial charge in [-0.25, -0.2) is 4.79 Å². The third kappa shape index (κ3) is 5.66. The molecular weight excluding hydrogens is 516 g/mol. The molecule has 7 nitrogen and oxygen atoms in total. The van der Waals surface area contributed by atoms with Gasteiger partial charge in [-0.1, -0.05) is 48.0 Å². The fourth-order valence-electron chi connectivity index (χ4n) is 4.26. The van der Waals surface area contributed by atoms with Crippen LogP contribution in [0.25, 0.3) is 0 Å². The second kappa shape index (κ2) is 11.2. The van der Waals surface area contributed by atoms with Crippen LogP contribution in [0.4, 0.5) is 0 Å². The van der Waals surface area contributed by atoms with Gasteiger partial charge in [0.1, 0.15) is 41.2 Å². The van der Waals surface area contributed by atoms with Crippen molar-refractivity contribution < 1.29 is 23.7 Å². The van der Waals surface area contributed by atoms with E-state index >= 15 is 0 Å². The van der Waals surface area contributed by atoms with E-state index in [4.69, 9.17) is 36.3 Å². The molecule has 8 heteroatoms. The number of esters is 1. The Morgan fingerprint density at radius 3 is 2.44 bits per heavy atom. The van der Waals surface area contributed by atoms with E-state index in [0.29, 0.717) is 40.0 Å². The number of hydrogen-bond acceptors (Lipinski definition) is 7. The van der Waals surface area contributed by atoms with Crippen molar-refractivity contribution in [1.29, 1.82) is 5.26 Å². The van der Waals surface area contributed by atoms with Crippen molar-refractivity contribution in [2.45, 2.75) is 12.5 Å². The van der Waals surface area contributed by atoms with Gasteiger partial charge in [-0.2, -0.15) is 5.26 Å². The van der Waals surface area contributed by atoms with Crippen molar-refractivity contribution in [2.75, 3.05) is 7.11 Å². The quantitative estimate of drug-likeness (QED) is 0.215. The van der Waals surface area contributed by atoms with Gasteiger partial charge in [-0.3, -0.25) is 0 Å². The summed E-state index contributed by atoms with van der Waals surface area (Å²) in [5.41, 5.74) is 9.32. The molecule has 194 valence electrons. The highest BCUT2D eigenvalue weighted by Crippen LogP contribution is 2.43. The summed E-state index contributed by atoms with van der Waals surface area (Å²) in [5.74, 6) is 0.883. The number of halogens is 1. The van der Waals surface area contributed by atoms with Crippen LogP contribution in [0.5, 0.6) is 23.0 Å². The fraction of sp³-hybridized carbons (Fsp3) is 0.0968. The van der Waals surface area contributed by atoms with Crippen LogP contribution in [0.15, 0.2) is 102 Å². The highest BCUT2D eigenvalue weighted by atomic mass is 35.5. The first-order valence-electron chi connectivity index (χ1n) is 12.0. The summed E-state index contributed by atoms with van der Waals surface area (Å²) in [7, 11) is 1.52. The topological polar surface area (TPSA) is 104 Å². The van der Waals surface area contributed by atoms with Gasteiger partial charge < -0.3 is 24.7 Å². The maximum absolute atomic E-state index is 12.7. The molecule has 0 spiro atoms. The second-order valence-electron chi connectivity index (χ2n) is 8.73. The molecule has 0 amide bonds. The average molecular weight is 539 g/mol. The van der Waals surface area contributed by atoms with Crippen molar-refractivity contribution in [3.8, 4) is 29.1 Å². The molecule has 5 rings (SSSR count). The molecule has 1 unspecified atom stereocenters. The van der Waals surface area contributed by atoms with E-state index in [1.165, 1.54) is 7.11 Å². The zero-order valence-electron chi connectivity index (χ0n) is 20.9. The largest absolute Gasteiger partial charge is 0.497 e. The Balaban J connectivity index is 1.37. The lowest BCUT2D eigenvalue weighted by atomic mass is 9.83. The summed E-state index contributed by atoms with van der Waals surface area (Å²) in [4.78, 5) is 12.7. The number of nitrogens with zero attached hydrogens (tertiary/aromatic N) is 1. The Morgan fingerprint density at radius 2 is 1.72 bits per heavy atom. The van der Waals surface area contributed by atoms with Crippen molar-refractivity contribution >= 4 is 17.6 Å². The standard InChI is InChI=1S/C31H23ClN2O5/c1-36-24-4-2-3-21(15-24)31(35)38-25-13-14-26-28(16-25)39-30(34)27(17-33)29(26)20-7-11-23(12-8-20)37-18-19-5-9-22(32)10-6-19/h2-16,29H,18,34H2,1H3. The van der Waals surface area contributed by atoms with Crippen molar-refractivity contribution in [3.05, 3.63) is 130 Å². The molecule has 1 heterocycles. The van der Waals surface area contributed by atoms with Crippen LogP contribution < -0.4 is 24.7 Å². The predicted molar refractivity (Wildman–Crippen MR) is 146 cm³/mol. The Labute approximate surface area is 230 Å². The molecule has 1 aliphatic heterocycles. The Morgan fingerprint density at radius 1 is 0.974 bits per heavy atom. The number of allylic oxidation sites excluding steroid dienone is 1. The molecule has 0 saturated carbocycles. The summed E-state index contributed by atoms with van der Waals surface area (Å²) in [6.07, 6.45) is 0. The van der Waals surface area contributed by atoms with E-state index in [1.807, 2.05) is 48.5 Å². The molecule has 1 atom stereocenters. The smallest absolute Gasteiger partial charge is 0.343 e. The minimum atomic E-state index is -0.545. The zero-order valence-corrected chi connectivity index (χ0v) is 21.6. The number of carbonyl (C=O) groups is 1. The van der Waals surface area contributed by atoms with Gasteiger partial charge in [0.2, 0.25) is 5.88 Å². The Hall–Kier alpha value is -4.93. The molecule has 0 saturated heterocycles. The van der Waals surface area contributed by atoms with Gasteiger partial charge in [-0.05, 0) is 59.7 Å².